The lowest BCUT2D eigenvalue weighted by atomic mass is 10.1. The summed E-state index contributed by atoms with van der Waals surface area (Å²) in [6, 6.07) is 11.5. The number of anilines is 2. The highest BCUT2D eigenvalue weighted by atomic mass is 35.5. The highest BCUT2D eigenvalue weighted by Crippen LogP contribution is 2.30. The molecule has 2 aliphatic heterocycles. The number of carbonyl (C=O) groups is 2. The van der Waals surface area contributed by atoms with Crippen molar-refractivity contribution in [1.82, 2.24) is 14.8 Å². The van der Waals surface area contributed by atoms with Crippen molar-refractivity contribution in [3.8, 4) is 11.4 Å². The van der Waals surface area contributed by atoms with Gasteiger partial charge < -0.3 is 14.8 Å². The molecular formula is C24H23ClFN5O2. The van der Waals surface area contributed by atoms with Gasteiger partial charge in [0.25, 0.3) is 0 Å². The maximum Gasteiger partial charge on any atom is 0.229 e. The van der Waals surface area contributed by atoms with Gasteiger partial charge in [0.1, 0.15) is 11.6 Å². The summed E-state index contributed by atoms with van der Waals surface area (Å²) in [6.45, 7) is 1.03. The number of carbonyl (C=O) groups excluding carboxylic acids is 2. The van der Waals surface area contributed by atoms with Crippen molar-refractivity contribution in [3.05, 3.63) is 59.1 Å². The quantitative estimate of drug-likeness (QED) is 0.614. The summed E-state index contributed by atoms with van der Waals surface area (Å²) in [5, 5.41) is 11.8. The minimum absolute atomic E-state index is 0.0529. The Kier molecular flexibility index (Phi) is 5.85. The molecule has 170 valence electrons. The highest BCUT2D eigenvalue weighted by molar-refractivity contribution is 6.31. The molecule has 3 heterocycles. The minimum Gasteiger partial charge on any atom is -0.323 e. The van der Waals surface area contributed by atoms with E-state index in [0.29, 0.717) is 22.1 Å². The van der Waals surface area contributed by atoms with E-state index in [1.54, 1.807) is 36.4 Å². The van der Waals surface area contributed by atoms with Gasteiger partial charge in [-0.25, -0.2) is 4.39 Å². The average Bonchev–Trinajstić information content (AvgIpc) is 3.31. The van der Waals surface area contributed by atoms with E-state index < -0.39 is 17.6 Å². The summed E-state index contributed by atoms with van der Waals surface area (Å²) in [4.78, 5) is 27.0. The lowest BCUT2D eigenvalue weighted by Gasteiger charge is -2.17. The van der Waals surface area contributed by atoms with Crippen molar-refractivity contribution in [2.75, 3.05) is 16.8 Å². The maximum absolute atomic E-state index is 14.6. The SMILES string of the molecule is O=C(Nc1cc(-c2nnc3n2CCCCC3)ccc1F)C1CC(=O)N(c2cccc(Cl)c2)C1. The Morgan fingerprint density at radius 1 is 1.12 bits per heavy atom. The van der Waals surface area contributed by atoms with Crippen LogP contribution >= 0.6 is 11.6 Å². The minimum atomic E-state index is -0.594. The fourth-order valence-corrected chi connectivity index (χ4v) is 4.65. The van der Waals surface area contributed by atoms with Gasteiger partial charge in [0.05, 0.1) is 11.6 Å². The molecule has 0 bridgehead atoms. The molecule has 1 N–H and O–H groups in total. The molecule has 5 rings (SSSR count). The zero-order chi connectivity index (χ0) is 22.9. The number of halogens is 2. The average molecular weight is 468 g/mol. The van der Waals surface area contributed by atoms with E-state index in [9.17, 15) is 14.0 Å². The molecule has 2 aromatic carbocycles. The number of aryl methyl sites for hydroxylation is 1. The second-order valence-corrected chi connectivity index (χ2v) is 8.91. The first-order chi connectivity index (χ1) is 16.0. The zero-order valence-corrected chi connectivity index (χ0v) is 18.7. The van der Waals surface area contributed by atoms with E-state index in [1.165, 1.54) is 11.0 Å². The number of aromatic nitrogens is 3. The summed E-state index contributed by atoms with van der Waals surface area (Å²) in [5.41, 5.74) is 1.40. The van der Waals surface area contributed by atoms with Gasteiger partial charge >= 0.3 is 0 Å². The third kappa shape index (κ3) is 4.35. The first-order valence-corrected chi connectivity index (χ1v) is 11.5. The van der Waals surface area contributed by atoms with Crippen LogP contribution in [0, 0.1) is 11.7 Å². The number of nitrogens with one attached hydrogen (secondary N) is 1. The van der Waals surface area contributed by atoms with Crippen molar-refractivity contribution in [3.63, 3.8) is 0 Å². The van der Waals surface area contributed by atoms with Gasteiger partial charge in [0.2, 0.25) is 11.8 Å². The normalized spacial score (nSPS) is 18.2. The molecule has 2 amide bonds. The van der Waals surface area contributed by atoms with Gasteiger partial charge in [-0.3, -0.25) is 9.59 Å². The fourth-order valence-electron chi connectivity index (χ4n) is 4.47. The van der Waals surface area contributed by atoms with E-state index in [1.807, 2.05) is 0 Å². The topological polar surface area (TPSA) is 80.1 Å². The molecular weight excluding hydrogens is 445 g/mol. The van der Waals surface area contributed by atoms with Crippen LogP contribution in [0.25, 0.3) is 11.4 Å². The number of hydrogen-bond donors (Lipinski definition) is 1. The molecule has 0 spiro atoms. The standard InChI is InChI=1S/C24H23ClFN5O2/c25-17-5-4-6-18(13-17)31-14-16(12-22(31)32)24(33)27-20-11-15(8-9-19(20)26)23-29-28-21-7-2-1-3-10-30(21)23/h4-6,8-9,11,13,16H,1-3,7,10,12,14H2,(H,27,33). The Morgan fingerprint density at radius 3 is 2.85 bits per heavy atom. The molecule has 7 nitrogen and oxygen atoms in total. The molecule has 3 aromatic rings. The number of fused-ring (bicyclic) bond motifs is 1. The molecule has 0 aliphatic carbocycles. The molecule has 2 aliphatic rings. The lowest BCUT2D eigenvalue weighted by molar-refractivity contribution is -0.122. The molecule has 1 unspecified atom stereocenters. The number of amides is 2. The monoisotopic (exact) mass is 467 g/mol. The van der Waals surface area contributed by atoms with Gasteiger partial charge in [0, 0.05) is 42.2 Å². The van der Waals surface area contributed by atoms with E-state index in [2.05, 4.69) is 20.1 Å². The Bertz CT molecular complexity index is 1230. The first kappa shape index (κ1) is 21.6. The Balaban J connectivity index is 1.34. The zero-order valence-electron chi connectivity index (χ0n) is 17.9. The number of benzene rings is 2. The lowest BCUT2D eigenvalue weighted by Crippen LogP contribution is -2.28. The van der Waals surface area contributed by atoms with Gasteiger partial charge in [0.15, 0.2) is 5.82 Å². The molecule has 1 aromatic heterocycles. The number of rotatable bonds is 4. The van der Waals surface area contributed by atoms with Crippen molar-refractivity contribution < 1.29 is 14.0 Å². The summed E-state index contributed by atoms with van der Waals surface area (Å²) in [5.74, 6) is -0.0991. The highest BCUT2D eigenvalue weighted by Gasteiger charge is 2.35. The summed E-state index contributed by atoms with van der Waals surface area (Å²) < 4.78 is 16.6. The summed E-state index contributed by atoms with van der Waals surface area (Å²) in [6.07, 6.45) is 4.19. The van der Waals surface area contributed by atoms with Crippen molar-refractivity contribution in [2.45, 2.75) is 38.6 Å². The van der Waals surface area contributed by atoms with Crippen molar-refractivity contribution >= 4 is 34.8 Å². The molecule has 1 atom stereocenters. The number of hydrogen-bond acceptors (Lipinski definition) is 4. The second-order valence-electron chi connectivity index (χ2n) is 8.47. The Morgan fingerprint density at radius 2 is 2.00 bits per heavy atom. The van der Waals surface area contributed by atoms with Gasteiger partial charge in [-0.05, 0) is 49.2 Å². The van der Waals surface area contributed by atoms with Crippen LogP contribution in [-0.2, 0) is 22.6 Å². The van der Waals surface area contributed by atoms with Crippen LogP contribution in [0.15, 0.2) is 42.5 Å². The Hall–Kier alpha value is -3.26. The largest absolute Gasteiger partial charge is 0.323 e. The molecule has 9 heteroatoms. The van der Waals surface area contributed by atoms with Crippen LogP contribution in [-0.4, -0.2) is 33.1 Å². The third-order valence-electron chi connectivity index (χ3n) is 6.21. The van der Waals surface area contributed by atoms with Crippen molar-refractivity contribution in [2.24, 2.45) is 5.92 Å². The Labute approximate surface area is 195 Å². The third-order valence-corrected chi connectivity index (χ3v) is 6.44. The molecule has 1 saturated heterocycles. The van der Waals surface area contributed by atoms with Gasteiger partial charge in [-0.2, -0.15) is 0 Å². The van der Waals surface area contributed by atoms with Crippen LogP contribution in [0.4, 0.5) is 15.8 Å². The predicted octanol–water partition coefficient (Wildman–Crippen LogP) is 4.46. The van der Waals surface area contributed by atoms with Crippen LogP contribution in [0.1, 0.15) is 31.5 Å². The number of nitrogens with zero attached hydrogens (tertiary/aromatic N) is 4. The van der Waals surface area contributed by atoms with Gasteiger partial charge in [-0.1, -0.05) is 24.1 Å². The van der Waals surface area contributed by atoms with Crippen molar-refractivity contribution in [1.29, 1.82) is 0 Å². The second kappa shape index (κ2) is 8.94. The van der Waals surface area contributed by atoms with E-state index in [0.717, 1.165) is 38.1 Å². The summed E-state index contributed by atoms with van der Waals surface area (Å²) >= 11 is 6.03. The molecule has 1 fully saturated rings. The van der Waals surface area contributed by atoms with Crippen LogP contribution in [0.5, 0.6) is 0 Å². The molecule has 0 radical (unpaired) electrons. The first-order valence-electron chi connectivity index (χ1n) is 11.1. The van der Waals surface area contributed by atoms with E-state index in [-0.39, 0.29) is 24.6 Å². The fraction of sp³-hybridized carbons (Fsp3) is 0.333. The van der Waals surface area contributed by atoms with E-state index in [4.69, 9.17) is 11.6 Å². The van der Waals surface area contributed by atoms with Crippen LogP contribution in [0.2, 0.25) is 5.02 Å². The molecule has 33 heavy (non-hydrogen) atoms. The van der Waals surface area contributed by atoms with E-state index >= 15 is 0 Å². The smallest absolute Gasteiger partial charge is 0.229 e. The van der Waals surface area contributed by atoms with Crippen LogP contribution < -0.4 is 10.2 Å². The summed E-state index contributed by atoms with van der Waals surface area (Å²) in [7, 11) is 0. The van der Waals surface area contributed by atoms with Gasteiger partial charge in [-0.15, -0.1) is 10.2 Å². The predicted molar refractivity (Wildman–Crippen MR) is 124 cm³/mol. The maximum atomic E-state index is 14.6. The van der Waals surface area contributed by atoms with Crippen LogP contribution in [0.3, 0.4) is 0 Å². The molecule has 0 saturated carbocycles.